The van der Waals surface area contributed by atoms with E-state index in [2.05, 4.69) is 21.0 Å². The van der Waals surface area contributed by atoms with Gasteiger partial charge in [0.1, 0.15) is 6.33 Å². The Morgan fingerprint density at radius 2 is 2.12 bits per heavy atom. The third-order valence-corrected chi connectivity index (χ3v) is 3.40. The Morgan fingerprint density at radius 1 is 1.29 bits per heavy atom. The molecule has 0 fully saturated rings. The summed E-state index contributed by atoms with van der Waals surface area (Å²) in [6.45, 7) is 0. The second kappa shape index (κ2) is 4.22. The highest BCUT2D eigenvalue weighted by atomic mass is 14.8. The van der Waals surface area contributed by atoms with E-state index in [0.29, 0.717) is 0 Å². The average Bonchev–Trinajstić information content (AvgIpc) is 2.83. The largest absolute Gasteiger partial charge is 0.323 e. The van der Waals surface area contributed by atoms with Gasteiger partial charge in [-0.3, -0.25) is 4.98 Å². The first-order valence-corrected chi connectivity index (χ1v) is 5.80. The van der Waals surface area contributed by atoms with Crippen LogP contribution in [0.2, 0.25) is 0 Å². The number of hydrogen-bond donors (Lipinski definition) is 1. The van der Waals surface area contributed by atoms with E-state index >= 15 is 0 Å². The van der Waals surface area contributed by atoms with Crippen molar-refractivity contribution in [3.63, 3.8) is 0 Å². The van der Waals surface area contributed by atoms with Crippen LogP contribution in [0.25, 0.3) is 0 Å². The smallest absolute Gasteiger partial charge is 0.115 e. The zero-order chi connectivity index (χ0) is 11.7. The maximum atomic E-state index is 6.30. The molecule has 0 saturated heterocycles. The lowest BCUT2D eigenvalue weighted by atomic mass is 9.93. The van der Waals surface area contributed by atoms with Crippen molar-refractivity contribution in [1.29, 1.82) is 0 Å². The number of fused-ring (bicyclic) bond motifs is 1. The number of nitrogens with two attached hydrogens (primary N) is 1. The maximum Gasteiger partial charge on any atom is 0.115 e. The molecule has 0 saturated carbocycles. The summed E-state index contributed by atoms with van der Waals surface area (Å²) in [6, 6.07) is 4.06. The number of nitrogens with zero attached hydrogens (tertiary/aromatic N) is 3. The van der Waals surface area contributed by atoms with Gasteiger partial charge in [-0.15, -0.1) is 0 Å². The zero-order valence-corrected chi connectivity index (χ0v) is 9.45. The first-order chi connectivity index (χ1) is 8.36. The third-order valence-electron chi connectivity index (χ3n) is 3.40. The van der Waals surface area contributed by atoms with Gasteiger partial charge in [0.2, 0.25) is 0 Å². The van der Waals surface area contributed by atoms with Crippen LogP contribution in [0, 0.1) is 0 Å². The molecule has 0 amide bonds. The van der Waals surface area contributed by atoms with Crippen molar-refractivity contribution in [2.45, 2.75) is 24.8 Å². The molecule has 2 heterocycles. The summed E-state index contributed by atoms with van der Waals surface area (Å²) in [5, 5.41) is 0. The first kappa shape index (κ1) is 10.4. The van der Waals surface area contributed by atoms with Crippen molar-refractivity contribution in [3.05, 3.63) is 53.9 Å². The molecule has 17 heavy (non-hydrogen) atoms. The predicted molar refractivity (Wildman–Crippen MR) is 64.3 cm³/mol. The van der Waals surface area contributed by atoms with Crippen LogP contribution in [-0.4, -0.2) is 15.0 Å². The molecule has 0 aliphatic heterocycles. The van der Waals surface area contributed by atoms with Gasteiger partial charge in [-0.25, -0.2) is 9.97 Å². The molecule has 4 heteroatoms. The molecular weight excluding hydrogens is 212 g/mol. The molecule has 2 aromatic heterocycles. The highest BCUT2D eigenvalue weighted by Gasteiger charge is 2.29. The molecule has 0 bridgehead atoms. The Bertz CT molecular complexity index is 512. The molecule has 0 spiro atoms. The predicted octanol–water partition coefficient (Wildman–Crippen LogP) is 1.60. The van der Waals surface area contributed by atoms with Gasteiger partial charge >= 0.3 is 0 Å². The molecule has 3 rings (SSSR count). The van der Waals surface area contributed by atoms with Crippen LogP contribution < -0.4 is 5.73 Å². The Morgan fingerprint density at radius 3 is 2.94 bits per heavy atom. The van der Waals surface area contributed by atoms with Crippen LogP contribution >= 0.6 is 0 Å². The SMILES string of the molecule is NC(c1cncnc1)C1CCc2cccnc21. The number of aryl methyl sites for hydroxylation is 1. The molecule has 1 aliphatic carbocycles. The highest BCUT2D eigenvalue weighted by molar-refractivity contribution is 5.32. The summed E-state index contributed by atoms with van der Waals surface area (Å²) in [5.74, 6) is 0.289. The highest BCUT2D eigenvalue weighted by Crippen LogP contribution is 2.38. The van der Waals surface area contributed by atoms with Crippen molar-refractivity contribution < 1.29 is 0 Å². The fourth-order valence-corrected chi connectivity index (χ4v) is 2.51. The number of aromatic nitrogens is 3. The van der Waals surface area contributed by atoms with Gasteiger partial charge in [0.25, 0.3) is 0 Å². The van der Waals surface area contributed by atoms with Gasteiger partial charge in [-0.05, 0) is 24.5 Å². The molecule has 4 nitrogen and oxygen atoms in total. The quantitative estimate of drug-likeness (QED) is 0.844. The van der Waals surface area contributed by atoms with Crippen LogP contribution in [-0.2, 0) is 6.42 Å². The van der Waals surface area contributed by atoms with E-state index in [4.69, 9.17) is 5.73 Å². The molecule has 2 atom stereocenters. The fraction of sp³-hybridized carbons (Fsp3) is 0.308. The van der Waals surface area contributed by atoms with Gasteiger partial charge in [-0.2, -0.15) is 0 Å². The molecule has 2 unspecified atom stereocenters. The minimum atomic E-state index is -0.0626. The van der Waals surface area contributed by atoms with Crippen LogP contribution in [0.5, 0.6) is 0 Å². The maximum absolute atomic E-state index is 6.30. The molecular formula is C13H14N4. The summed E-state index contributed by atoms with van der Waals surface area (Å²) in [6.07, 6.45) is 9.07. The number of rotatable bonds is 2. The molecule has 1 aliphatic rings. The fourth-order valence-electron chi connectivity index (χ4n) is 2.51. The first-order valence-electron chi connectivity index (χ1n) is 5.80. The Balaban J connectivity index is 1.92. The lowest BCUT2D eigenvalue weighted by Crippen LogP contribution is -2.19. The van der Waals surface area contributed by atoms with Gasteiger partial charge in [0.15, 0.2) is 0 Å². The second-order valence-corrected chi connectivity index (χ2v) is 4.39. The standard InChI is InChI=1S/C13H14N4/c14-12(10-6-15-8-16-7-10)11-4-3-9-2-1-5-17-13(9)11/h1-2,5-8,11-12H,3-4,14H2. The average molecular weight is 226 g/mol. The number of pyridine rings is 1. The summed E-state index contributed by atoms with van der Waals surface area (Å²) < 4.78 is 0. The van der Waals surface area contributed by atoms with Crippen molar-refractivity contribution in [2.24, 2.45) is 5.73 Å². The van der Waals surface area contributed by atoms with Crippen LogP contribution in [0.3, 0.4) is 0 Å². The van der Waals surface area contributed by atoms with Crippen LogP contribution in [0.15, 0.2) is 37.1 Å². The van der Waals surface area contributed by atoms with Gasteiger partial charge in [-0.1, -0.05) is 6.07 Å². The van der Waals surface area contributed by atoms with Crippen molar-refractivity contribution in [2.75, 3.05) is 0 Å². The van der Waals surface area contributed by atoms with E-state index in [1.54, 1.807) is 12.4 Å². The van der Waals surface area contributed by atoms with E-state index in [9.17, 15) is 0 Å². The third kappa shape index (κ3) is 1.80. The minimum Gasteiger partial charge on any atom is -0.323 e. The van der Waals surface area contributed by atoms with E-state index in [-0.39, 0.29) is 12.0 Å². The lowest BCUT2D eigenvalue weighted by Gasteiger charge is -2.18. The molecule has 2 N–H and O–H groups in total. The van der Waals surface area contributed by atoms with Gasteiger partial charge in [0.05, 0.1) is 0 Å². The second-order valence-electron chi connectivity index (χ2n) is 4.39. The lowest BCUT2D eigenvalue weighted by molar-refractivity contribution is 0.538. The minimum absolute atomic E-state index is 0.0626. The molecule has 2 aromatic rings. The monoisotopic (exact) mass is 226 g/mol. The van der Waals surface area contributed by atoms with E-state index < -0.39 is 0 Å². The summed E-state index contributed by atoms with van der Waals surface area (Å²) >= 11 is 0. The Hall–Kier alpha value is -1.81. The Kier molecular flexibility index (Phi) is 2.57. The summed E-state index contributed by atoms with van der Waals surface area (Å²) in [4.78, 5) is 12.5. The Labute approximate surface area is 99.9 Å². The van der Waals surface area contributed by atoms with E-state index in [1.807, 2.05) is 12.3 Å². The van der Waals surface area contributed by atoms with Crippen molar-refractivity contribution in [1.82, 2.24) is 15.0 Å². The van der Waals surface area contributed by atoms with E-state index in [0.717, 1.165) is 24.1 Å². The normalized spacial score (nSPS) is 19.9. The molecule has 0 aromatic carbocycles. The van der Waals surface area contributed by atoms with Crippen molar-refractivity contribution in [3.8, 4) is 0 Å². The van der Waals surface area contributed by atoms with Crippen LogP contribution in [0.1, 0.15) is 35.2 Å². The molecule has 86 valence electrons. The van der Waals surface area contributed by atoms with Gasteiger partial charge < -0.3 is 5.73 Å². The number of hydrogen-bond acceptors (Lipinski definition) is 4. The topological polar surface area (TPSA) is 64.7 Å². The van der Waals surface area contributed by atoms with E-state index in [1.165, 1.54) is 11.9 Å². The summed E-state index contributed by atoms with van der Waals surface area (Å²) in [5.41, 5.74) is 9.74. The zero-order valence-electron chi connectivity index (χ0n) is 9.45. The van der Waals surface area contributed by atoms with Crippen molar-refractivity contribution >= 4 is 0 Å². The summed E-state index contributed by atoms with van der Waals surface area (Å²) in [7, 11) is 0. The van der Waals surface area contributed by atoms with Crippen LogP contribution in [0.4, 0.5) is 0 Å². The molecule has 0 radical (unpaired) electrons. The van der Waals surface area contributed by atoms with Gasteiger partial charge in [0, 0.05) is 41.8 Å².